The lowest BCUT2D eigenvalue weighted by Gasteiger charge is -2.42. The van der Waals surface area contributed by atoms with Gasteiger partial charge >= 0.3 is 0 Å². The van der Waals surface area contributed by atoms with Crippen LogP contribution >= 0.6 is 0 Å². The Labute approximate surface area is 192 Å². The SMILES string of the molecule is C=C(c1ccccc1O)c1[nH]nc2nc(N3CCC4(CC3)Cc3ccccc3[C@H]4N)cnc12. The molecule has 1 aliphatic heterocycles. The lowest BCUT2D eigenvalue weighted by atomic mass is 9.73. The zero-order valence-electron chi connectivity index (χ0n) is 18.3. The molecule has 3 heterocycles. The van der Waals surface area contributed by atoms with Crippen LogP contribution in [0, 0.1) is 5.41 Å². The van der Waals surface area contributed by atoms with Gasteiger partial charge in [0.25, 0.3) is 0 Å². The van der Waals surface area contributed by atoms with Crippen LogP contribution in [0.1, 0.15) is 41.3 Å². The number of nitrogens with zero attached hydrogens (tertiary/aromatic N) is 4. The Hall–Kier alpha value is -3.71. The number of piperidine rings is 1. The molecule has 1 aliphatic carbocycles. The second kappa shape index (κ2) is 7.42. The molecule has 33 heavy (non-hydrogen) atoms. The van der Waals surface area contributed by atoms with Gasteiger partial charge in [-0.25, -0.2) is 9.97 Å². The van der Waals surface area contributed by atoms with Crippen molar-refractivity contribution < 1.29 is 5.11 Å². The van der Waals surface area contributed by atoms with Crippen molar-refractivity contribution in [3.05, 3.63) is 83.7 Å². The van der Waals surface area contributed by atoms with E-state index in [1.807, 2.05) is 12.1 Å². The summed E-state index contributed by atoms with van der Waals surface area (Å²) in [7, 11) is 0. The number of phenols is 1. The minimum atomic E-state index is 0.0960. The van der Waals surface area contributed by atoms with Gasteiger partial charge in [0.2, 0.25) is 5.65 Å². The van der Waals surface area contributed by atoms with Gasteiger partial charge in [-0.3, -0.25) is 5.10 Å². The summed E-state index contributed by atoms with van der Waals surface area (Å²) in [6, 6.07) is 15.8. The van der Waals surface area contributed by atoms with Gasteiger partial charge in [-0.2, -0.15) is 5.10 Å². The maximum absolute atomic E-state index is 10.2. The molecule has 6 rings (SSSR count). The lowest BCUT2D eigenvalue weighted by molar-refractivity contribution is 0.187. The van der Waals surface area contributed by atoms with Crippen molar-refractivity contribution in [1.82, 2.24) is 20.2 Å². The molecule has 1 saturated heterocycles. The first-order valence-corrected chi connectivity index (χ1v) is 11.3. The van der Waals surface area contributed by atoms with Gasteiger partial charge in [-0.15, -0.1) is 0 Å². The number of aromatic nitrogens is 4. The Morgan fingerprint density at radius 2 is 1.88 bits per heavy atom. The number of rotatable bonds is 3. The fourth-order valence-corrected chi connectivity index (χ4v) is 5.50. The molecule has 166 valence electrons. The van der Waals surface area contributed by atoms with Crippen LogP contribution in [0.5, 0.6) is 5.75 Å². The molecule has 1 spiro atoms. The monoisotopic (exact) mass is 438 g/mol. The van der Waals surface area contributed by atoms with Crippen molar-refractivity contribution >= 4 is 22.6 Å². The number of benzene rings is 2. The highest BCUT2D eigenvalue weighted by Crippen LogP contribution is 2.50. The highest BCUT2D eigenvalue weighted by Gasteiger charge is 2.45. The first kappa shape index (κ1) is 19.9. The van der Waals surface area contributed by atoms with Crippen molar-refractivity contribution in [2.45, 2.75) is 25.3 Å². The van der Waals surface area contributed by atoms with Crippen molar-refractivity contribution in [1.29, 1.82) is 0 Å². The van der Waals surface area contributed by atoms with E-state index < -0.39 is 0 Å². The second-order valence-electron chi connectivity index (χ2n) is 9.20. The summed E-state index contributed by atoms with van der Waals surface area (Å²) in [5.41, 5.74) is 12.7. The van der Waals surface area contributed by atoms with E-state index in [0.29, 0.717) is 28.0 Å². The third-order valence-corrected chi connectivity index (χ3v) is 7.46. The van der Waals surface area contributed by atoms with Crippen molar-refractivity contribution in [2.24, 2.45) is 11.1 Å². The fraction of sp³-hybridized carbons (Fsp3) is 0.269. The molecule has 0 amide bonds. The third-order valence-electron chi connectivity index (χ3n) is 7.46. The maximum Gasteiger partial charge on any atom is 0.202 e. The van der Waals surface area contributed by atoms with Gasteiger partial charge < -0.3 is 15.7 Å². The minimum absolute atomic E-state index is 0.0960. The quantitative estimate of drug-likeness (QED) is 0.447. The number of phenolic OH excluding ortho intramolecular Hbond substituents is 1. The predicted octanol–water partition coefficient (Wildman–Crippen LogP) is 3.96. The van der Waals surface area contributed by atoms with Crippen LogP contribution in [0.25, 0.3) is 16.7 Å². The Bertz CT molecular complexity index is 1370. The molecule has 0 bridgehead atoms. The zero-order chi connectivity index (χ0) is 22.6. The average Bonchev–Trinajstić information content (AvgIpc) is 3.38. The summed E-state index contributed by atoms with van der Waals surface area (Å²) < 4.78 is 0. The standard InChI is InChI=1S/C26H26N6O/c1-16(18-7-4-5-9-20(18)33)22-23-25(31-30-22)29-21(15-28-23)32-12-10-26(11-13-32)14-17-6-2-3-8-19(17)24(26)27/h2-9,15,24,33H,1,10-14,27H2,(H,29,30,31)/t24-/m1/s1. The molecule has 1 fully saturated rings. The third kappa shape index (κ3) is 3.11. The van der Waals surface area contributed by atoms with E-state index in [1.54, 1.807) is 18.3 Å². The smallest absolute Gasteiger partial charge is 0.202 e. The highest BCUT2D eigenvalue weighted by molar-refractivity contribution is 5.91. The van der Waals surface area contributed by atoms with E-state index >= 15 is 0 Å². The topological polar surface area (TPSA) is 104 Å². The van der Waals surface area contributed by atoms with E-state index in [0.717, 1.165) is 38.2 Å². The van der Waals surface area contributed by atoms with E-state index in [4.69, 9.17) is 10.7 Å². The van der Waals surface area contributed by atoms with Crippen LogP contribution < -0.4 is 10.6 Å². The van der Waals surface area contributed by atoms with Crippen LogP contribution in [0.2, 0.25) is 0 Å². The number of H-pyrrole nitrogens is 1. The molecule has 7 nitrogen and oxygen atoms in total. The molecule has 2 aliphatic rings. The first-order valence-electron chi connectivity index (χ1n) is 11.3. The number of hydrogen-bond acceptors (Lipinski definition) is 6. The van der Waals surface area contributed by atoms with E-state index in [2.05, 4.69) is 50.9 Å². The van der Waals surface area contributed by atoms with Crippen LogP contribution in [0.3, 0.4) is 0 Å². The number of fused-ring (bicyclic) bond motifs is 2. The van der Waals surface area contributed by atoms with Gasteiger partial charge in [0, 0.05) is 30.3 Å². The Morgan fingerprint density at radius 3 is 2.67 bits per heavy atom. The Morgan fingerprint density at radius 1 is 1.12 bits per heavy atom. The number of nitrogens with one attached hydrogen (secondary N) is 1. The normalized spacial score (nSPS) is 19.2. The Kier molecular flexibility index (Phi) is 4.48. The number of aromatic hydroxyl groups is 1. The van der Waals surface area contributed by atoms with Crippen molar-refractivity contribution in [2.75, 3.05) is 18.0 Å². The average molecular weight is 439 g/mol. The van der Waals surface area contributed by atoms with Gasteiger partial charge in [-0.05, 0) is 41.9 Å². The van der Waals surface area contributed by atoms with Crippen LogP contribution in [-0.4, -0.2) is 38.4 Å². The van der Waals surface area contributed by atoms with Gasteiger partial charge in [0.15, 0.2) is 0 Å². The molecule has 0 radical (unpaired) electrons. The van der Waals surface area contributed by atoms with Crippen molar-refractivity contribution in [3.8, 4) is 5.75 Å². The fourth-order valence-electron chi connectivity index (χ4n) is 5.50. The molecular weight excluding hydrogens is 412 g/mol. The largest absolute Gasteiger partial charge is 0.507 e. The second-order valence-corrected chi connectivity index (χ2v) is 9.20. The summed E-state index contributed by atoms with van der Waals surface area (Å²) >= 11 is 0. The van der Waals surface area contributed by atoms with Crippen molar-refractivity contribution in [3.63, 3.8) is 0 Å². The number of anilines is 1. The molecule has 7 heteroatoms. The lowest BCUT2D eigenvalue weighted by Crippen LogP contribution is -2.44. The van der Waals surface area contributed by atoms with E-state index in [-0.39, 0.29) is 17.2 Å². The predicted molar refractivity (Wildman–Crippen MR) is 129 cm³/mol. The number of nitrogens with two attached hydrogens (primary N) is 1. The van der Waals surface area contributed by atoms with Crippen LogP contribution in [0.4, 0.5) is 5.82 Å². The van der Waals surface area contributed by atoms with E-state index in [9.17, 15) is 5.11 Å². The summed E-state index contributed by atoms with van der Waals surface area (Å²) in [6.07, 6.45) is 4.91. The zero-order valence-corrected chi connectivity index (χ0v) is 18.3. The molecule has 4 aromatic rings. The van der Waals surface area contributed by atoms with Gasteiger partial charge in [0.05, 0.1) is 11.9 Å². The summed E-state index contributed by atoms with van der Waals surface area (Å²) in [6.45, 7) is 5.92. The molecule has 1 atom stereocenters. The molecular formula is C26H26N6O. The summed E-state index contributed by atoms with van der Waals surface area (Å²) in [4.78, 5) is 11.7. The van der Waals surface area contributed by atoms with Crippen LogP contribution in [-0.2, 0) is 6.42 Å². The summed E-state index contributed by atoms with van der Waals surface area (Å²) in [5.74, 6) is 0.997. The Balaban J connectivity index is 1.22. The summed E-state index contributed by atoms with van der Waals surface area (Å²) in [5, 5.41) is 17.6. The number of aromatic amines is 1. The van der Waals surface area contributed by atoms with Gasteiger partial charge in [-0.1, -0.05) is 49.0 Å². The molecule has 0 unspecified atom stereocenters. The van der Waals surface area contributed by atoms with Gasteiger partial charge in [0.1, 0.15) is 17.1 Å². The highest BCUT2D eigenvalue weighted by atomic mass is 16.3. The minimum Gasteiger partial charge on any atom is -0.507 e. The maximum atomic E-state index is 10.2. The van der Waals surface area contributed by atoms with E-state index in [1.165, 1.54) is 11.1 Å². The molecule has 2 aromatic carbocycles. The molecule has 4 N–H and O–H groups in total. The number of para-hydroxylation sites is 1. The molecule has 0 saturated carbocycles. The first-order chi connectivity index (χ1) is 16.1. The number of hydrogen-bond donors (Lipinski definition) is 3. The molecule has 2 aromatic heterocycles. The van der Waals surface area contributed by atoms with Crippen LogP contribution in [0.15, 0.2) is 61.3 Å².